The highest BCUT2D eigenvalue weighted by atomic mass is 16.5. The summed E-state index contributed by atoms with van der Waals surface area (Å²) < 4.78 is 5.47. The topological polar surface area (TPSA) is 95.9 Å². The largest absolute Gasteiger partial charge is 0.466 e. The summed E-state index contributed by atoms with van der Waals surface area (Å²) >= 11 is 0. The van der Waals surface area contributed by atoms with Crippen LogP contribution >= 0.6 is 0 Å². The SMILES string of the molecule is CCCCCCCCCCCCCCCCCCCCCCCCCCCC(O)C(CO)NC(=O)CCCCCCCCC/C=C\CCCCCCCCCCCCOC(=O)CCCCCCCCCCCCC. The van der Waals surface area contributed by atoms with Crippen molar-refractivity contribution < 1.29 is 24.5 Å². The van der Waals surface area contributed by atoms with Gasteiger partial charge in [-0.05, 0) is 51.4 Å². The smallest absolute Gasteiger partial charge is 0.305 e. The van der Waals surface area contributed by atoms with Crippen LogP contribution in [0.1, 0.15) is 386 Å². The summed E-state index contributed by atoms with van der Waals surface area (Å²) in [5.74, 6) is -0.0287. The Balaban J connectivity index is 3.42. The van der Waals surface area contributed by atoms with E-state index in [0.29, 0.717) is 25.9 Å². The number of hydrogen-bond acceptors (Lipinski definition) is 5. The second-order valence-electron chi connectivity index (χ2n) is 23.5. The molecule has 0 aromatic carbocycles. The molecule has 0 fully saturated rings. The summed E-state index contributed by atoms with van der Waals surface area (Å²) in [4.78, 5) is 24.5. The van der Waals surface area contributed by atoms with Gasteiger partial charge in [0.1, 0.15) is 0 Å². The maximum Gasteiger partial charge on any atom is 0.305 e. The monoisotopic (exact) mass is 1040 g/mol. The number of allylic oxidation sites excluding steroid dienone is 2. The third-order valence-corrected chi connectivity index (χ3v) is 16.1. The van der Waals surface area contributed by atoms with Crippen LogP contribution in [0.4, 0.5) is 0 Å². The van der Waals surface area contributed by atoms with Crippen molar-refractivity contribution in [3.8, 4) is 0 Å². The summed E-state index contributed by atoms with van der Waals surface area (Å²) in [5.41, 5.74) is 0. The van der Waals surface area contributed by atoms with Crippen LogP contribution in [0.3, 0.4) is 0 Å². The molecule has 0 aliphatic carbocycles. The van der Waals surface area contributed by atoms with E-state index < -0.39 is 12.1 Å². The minimum absolute atomic E-state index is 0.00903. The van der Waals surface area contributed by atoms with Crippen molar-refractivity contribution >= 4 is 11.9 Å². The van der Waals surface area contributed by atoms with Crippen molar-refractivity contribution in [3.05, 3.63) is 12.2 Å². The molecular formula is C68H133NO5. The number of amides is 1. The van der Waals surface area contributed by atoms with E-state index >= 15 is 0 Å². The van der Waals surface area contributed by atoms with Gasteiger partial charge in [-0.25, -0.2) is 0 Å². The first kappa shape index (κ1) is 72.6. The Morgan fingerprint density at radius 3 is 0.959 bits per heavy atom. The van der Waals surface area contributed by atoms with Gasteiger partial charge in [0.15, 0.2) is 0 Å². The van der Waals surface area contributed by atoms with Crippen LogP contribution in [0.15, 0.2) is 12.2 Å². The predicted octanol–water partition coefficient (Wildman–Crippen LogP) is 21.6. The summed E-state index contributed by atoms with van der Waals surface area (Å²) in [5, 5.41) is 23.4. The lowest BCUT2D eigenvalue weighted by Gasteiger charge is -2.22. The van der Waals surface area contributed by atoms with E-state index in [0.717, 1.165) is 38.5 Å². The van der Waals surface area contributed by atoms with Gasteiger partial charge in [0.2, 0.25) is 5.91 Å². The van der Waals surface area contributed by atoms with E-state index in [-0.39, 0.29) is 18.5 Å². The van der Waals surface area contributed by atoms with Gasteiger partial charge in [0.05, 0.1) is 25.4 Å². The third-order valence-electron chi connectivity index (χ3n) is 16.1. The normalized spacial score (nSPS) is 12.5. The Labute approximate surface area is 463 Å². The minimum atomic E-state index is -0.670. The fourth-order valence-electron chi connectivity index (χ4n) is 10.9. The molecule has 0 aliphatic heterocycles. The molecule has 0 aromatic rings. The van der Waals surface area contributed by atoms with Crippen LogP contribution < -0.4 is 5.32 Å². The minimum Gasteiger partial charge on any atom is -0.466 e. The van der Waals surface area contributed by atoms with Gasteiger partial charge >= 0.3 is 5.97 Å². The second-order valence-corrected chi connectivity index (χ2v) is 23.5. The zero-order chi connectivity index (χ0) is 53.6. The van der Waals surface area contributed by atoms with Crippen molar-refractivity contribution in [3.63, 3.8) is 0 Å². The molecular weight excluding hydrogens is 911 g/mol. The number of aliphatic hydroxyl groups excluding tert-OH is 2. The molecule has 74 heavy (non-hydrogen) atoms. The molecule has 0 radical (unpaired) electrons. The van der Waals surface area contributed by atoms with Gasteiger partial charge in [0, 0.05) is 12.8 Å². The van der Waals surface area contributed by atoms with Crippen LogP contribution in [-0.4, -0.2) is 47.4 Å². The maximum atomic E-state index is 12.5. The van der Waals surface area contributed by atoms with Crippen molar-refractivity contribution in [1.82, 2.24) is 5.32 Å². The molecule has 0 rings (SSSR count). The van der Waals surface area contributed by atoms with Crippen molar-refractivity contribution in [2.24, 2.45) is 0 Å². The first-order chi connectivity index (χ1) is 36.5. The van der Waals surface area contributed by atoms with Crippen LogP contribution in [0.25, 0.3) is 0 Å². The van der Waals surface area contributed by atoms with Gasteiger partial charge in [0.25, 0.3) is 0 Å². The number of carbonyl (C=O) groups is 2. The molecule has 2 atom stereocenters. The highest BCUT2D eigenvalue weighted by Crippen LogP contribution is 2.19. The summed E-state index contributed by atoms with van der Waals surface area (Å²) in [7, 11) is 0. The van der Waals surface area contributed by atoms with Crippen LogP contribution in [-0.2, 0) is 14.3 Å². The number of unbranched alkanes of at least 4 members (excludes halogenated alkanes) is 51. The standard InChI is InChI=1S/C68H133NO5/c1-3-5-7-9-11-13-15-16-17-18-19-20-21-22-23-25-28-31-34-37-41-44-48-52-56-60-66(71)65(64-70)69-67(72)61-57-53-49-45-42-38-35-32-29-26-24-27-30-33-36-39-43-47-51-55-59-63-74-68(73)62-58-54-50-46-40-14-12-10-8-6-4-2/h26,29,65-66,70-71H,3-25,27-28,30-64H2,1-2H3,(H,69,72)/b29-26-. The number of rotatable bonds is 64. The Morgan fingerprint density at radius 1 is 0.365 bits per heavy atom. The van der Waals surface area contributed by atoms with Gasteiger partial charge in [-0.2, -0.15) is 0 Å². The Kier molecular flexibility index (Phi) is 62.9. The molecule has 0 aliphatic rings. The number of aliphatic hydroxyl groups is 2. The maximum absolute atomic E-state index is 12.5. The summed E-state index contributed by atoms with van der Waals surface area (Å²) in [6.45, 7) is 4.98. The highest BCUT2D eigenvalue weighted by Gasteiger charge is 2.20. The van der Waals surface area contributed by atoms with Crippen LogP contribution in [0, 0.1) is 0 Å². The summed E-state index contributed by atoms with van der Waals surface area (Å²) in [6.07, 6.45) is 78.2. The molecule has 0 aromatic heterocycles. The molecule has 0 saturated heterocycles. The van der Waals surface area contributed by atoms with Crippen LogP contribution in [0.2, 0.25) is 0 Å². The Morgan fingerprint density at radius 2 is 0.635 bits per heavy atom. The van der Waals surface area contributed by atoms with E-state index in [4.69, 9.17) is 4.74 Å². The molecule has 440 valence electrons. The molecule has 0 bridgehead atoms. The fraction of sp³-hybridized carbons (Fsp3) is 0.941. The van der Waals surface area contributed by atoms with E-state index in [9.17, 15) is 19.8 Å². The van der Waals surface area contributed by atoms with Crippen molar-refractivity contribution in [2.45, 2.75) is 398 Å². The number of ether oxygens (including phenoxy) is 1. The van der Waals surface area contributed by atoms with E-state index in [1.807, 2.05) is 0 Å². The molecule has 1 amide bonds. The lowest BCUT2D eigenvalue weighted by atomic mass is 10.0. The Hall–Kier alpha value is -1.40. The van der Waals surface area contributed by atoms with E-state index in [1.165, 1.54) is 315 Å². The average molecular weight is 1040 g/mol. The number of carbonyl (C=O) groups excluding carboxylic acids is 2. The predicted molar refractivity (Wildman–Crippen MR) is 324 cm³/mol. The van der Waals surface area contributed by atoms with E-state index in [2.05, 4.69) is 31.3 Å². The van der Waals surface area contributed by atoms with E-state index in [1.54, 1.807) is 0 Å². The van der Waals surface area contributed by atoms with Gasteiger partial charge in [-0.15, -0.1) is 0 Å². The molecule has 0 saturated carbocycles. The molecule has 0 heterocycles. The number of esters is 1. The van der Waals surface area contributed by atoms with Crippen LogP contribution in [0.5, 0.6) is 0 Å². The molecule has 6 heteroatoms. The average Bonchev–Trinajstić information content (AvgIpc) is 3.40. The zero-order valence-corrected chi connectivity index (χ0v) is 50.4. The molecule has 6 nitrogen and oxygen atoms in total. The van der Waals surface area contributed by atoms with Gasteiger partial charge < -0.3 is 20.3 Å². The fourth-order valence-corrected chi connectivity index (χ4v) is 10.9. The zero-order valence-electron chi connectivity index (χ0n) is 50.4. The Bertz CT molecular complexity index is 1110. The van der Waals surface area contributed by atoms with Gasteiger partial charge in [-0.3, -0.25) is 9.59 Å². The molecule has 3 N–H and O–H groups in total. The lowest BCUT2D eigenvalue weighted by Crippen LogP contribution is -2.45. The first-order valence-corrected chi connectivity index (χ1v) is 33.9. The first-order valence-electron chi connectivity index (χ1n) is 33.9. The second kappa shape index (κ2) is 64.1. The number of nitrogens with one attached hydrogen (secondary N) is 1. The highest BCUT2D eigenvalue weighted by molar-refractivity contribution is 5.76. The number of hydrogen-bond donors (Lipinski definition) is 3. The van der Waals surface area contributed by atoms with Crippen molar-refractivity contribution in [2.75, 3.05) is 13.2 Å². The molecule has 2 unspecified atom stereocenters. The molecule has 0 spiro atoms. The lowest BCUT2D eigenvalue weighted by molar-refractivity contribution is -0.143. The third kappa shape index (κ3) is 59.8. The quantitative estimate of drug-likeness (QED) is 0.0320. The van der Waals surface area contributed by atoms with Crippen molar-refractivity contribution in [1.29, 1.82) is 0 Å². The summed E-state index contributed by atoms with van der Waals surface area (Å²) in [6, 6.07) is -0.548. The van der Waals surface area contributed by atoms with Gasteiger partial charge in [-0.1, -0.05) is 334 Å².